The zero-order valence-electron chi connectivity index (χ0n) is 14.1. The summed E-state index contributed by atoms with van der Waals surface area (Å²) in [5.74, 6) is -0.999. The molecule has 2 aromatic rings. The summed E-state index contributed by atoms with van der Waals surface area (Å²) in [4.78, 5) is 22.6. The zero-order chi connectivity index (χ0) is 19.7. The molecule has 0 aliphatic carbocycles. The van der Waals surface area contributed by atoms with E-state index in [4.69, 9.17) is 32.9 Å². The minimum Gasteiger partial charge on any atom is -0.480 e. The molecule has 0 amide bonds. The van der Waals surface area contributed by atoms with E-state index in [2.05, 4.69) is 20.3 Å². The number of carboxylic acid groups (broad SMARTS) is 1. The number of imidazole rings is 1. The topological polar surface area (TPSA) is 195 Å². The molecule has 13 heteroatoms. The van der Waals surface area contributed by atoms with Crippen molar-refractivity contribution in [3.63, 3.8) is 0 Å². The number of carboxylic acids is 1. The lowest BCUT2D eigenvalue weighted by atomic mass is 10.1. The van der Waals surface area contributed by atoms with Crippen molar-refractivity contribution in [3.05, 3.63) is 11.6 Å². The Morgan fingerprint density at radius 2 is 2.15 bits per heavy atom. The minimum absolute atomic E-state index is 0.0808. The number of hydrogen-bond acceptors (Lipinski definition) is 10. The second-order valence-electron chi connectivity index (χ2n) is 6.19. The molecule has 1 aliphatic heterocycles. The number of nitrogens with zero attached hydrogens (tertiary/aromatic N) is 4. The van der Waals surface area contributed by atoms with E-state index in [1.807, 2.05) is 0 Å². The van der Waals surface area contributed by atoms with Crippen LogP contribution in [0.5, 0.6) is 0 Å². The number of fused-ring (bicyclic) bond motifs is 1. The molecule has 0 bridgehead atoms. The molecule has 8 N–H and O–H groups in total. The maximum absolute atomic E-state index is 10.7. The molecule has 5 atom stereocenters. The summed E-state index contributed by atoms with van der Waals surface area (Å²) < 4.78 is 7.17. The Bertz CT molecular complexity index is 834. The molecular formula is C14H20ClN7O5. The molecule has 0 saturated carbocycles. The first-order valence-electron chi connectivity index (χ1n) is 8.16. The number of nitrogen functional groups attached to an aromatic ring is 1. The molecular weight excluding hydrogens is 382 g/mol. The number of halogens is 1. The van der Waals surface area contributed by atoms with E-state index in [1.54, 1.807) is 0 Å². The first kappa shape index (κ1) is 19.7. The summed E-state index contributed by atoms with van der Waals surface area (Å²) in [5.41, 5.74) is 11.7. The molecule has 1 fully saturated rings. The van der Waals surface area contributed by atoms with Gasteiger partial charge in [0.25, 0.3) is 0 Å². The van der Waals surface area contributed by atoms with Gasteiger partial charge in [-0.25, -0.2) is 4.98 Å². The number of nitrogens with one attached hydrogen (secondary N) is 1. The highest BCUT2D eigenvalue weighted by molar-refractivity contribution is 6.28. The molecule has 3 rings (SSSR count). The summed E-state index contributed by atoms with van der Waals surface area (Å²) in [7, 11) is 0. The van der Waals surface area contributed by atoms with Gasteiger partial charge in [-0.3, -0.25) is 9.36 Å². The van der Waals surface area contributed by atoms with Crippen LogP contribution in [0, 0.1) is 0 Å². The van der Waals surface area contributed by atoms with E-state index in [1.165, 1.54) is 10.9 Å². The number of ether oxygens (including phenoxy) is 1. The Morgan fingerprint density at radius 1 is 1.41 bits per heavy atom. The lowest BCUT2D eigenvalue weighted by molar-refractivity contribution is -0.138. The Balaban J connectivity index is 1.68. The largest absolute Gasteiger partial charge is 0.480 e. The summed E-state index contributed by atoms with van der Waals surface area (Å²) >= 11 is 5.83. The van der Waals surface area contributed by atoms with Gasteiger partial charge in [0.2, 0.25) is 5.28 Å². The van der Waals surface area contributed by atoms with Gasteiger partial charge < -0.3 is 36.8 Å². The summed E-state index contributed by atoms with van der Waals surface area (Å²) in [6.07, 6.45) is -2.53. The molecule has 27 heavy (non-hydrogen) atoms. The van der Waals surface area contributed by atoms with Gasteiger partial charge in [-0.05, 0) is 24.6 Å². The molecule has 148 valence electrons. The monoisotopic (exact) mass is 401 g/mol. The van der Waals surface area contributed by atoms with Crippen LogP contribution in [0.4, 0.5) is 5.82 Å². The molecule has 0 unspecified atom stereocenters. The van der Waals surface area contributed by atoms with Gasteiger partial charge in [0.15, 0.2) is 17.7 Å². The van der Waals surface area contributed by atoms with Gasteiger partial charge in [0.05, 0.1) is 6.33 Å². The van der Waals surface area contributed by atoms with Crippen LogP contribution in [0.25, 0.3) is 11.2 Å². The average Bonchev–Trinajstić information content (AvgIpc) is 3.14. The molecule has 0 spiro atoms. The molecule has 1 saturated heterocycles. The summed E-state index contributed by atoms with van der Waals surface area (Å²) in [5, 5.41) is 32.2. The molecule has 0 aromatic carbocycles. The van der Waals surface area contributed by atoms with Gasteiger partial charge in [-0.2, -0.15) is 9.97 Å². The standard InChI is InChI=1S/C14H20ClN7O5/c15-14-20-10(17)7-11(21-14)22(4-19-7)12-9(24)8(23)6(27-12)3-18-2-1-5(16)13(25)26/h4-6,8-9,12,18,23-24H,1-3,16H2,(H,25,26)(H2,17,20,21)/t5-,6+,8+,9+,12+/m0/s1. The van der Waals surface area contributed by atoms with Crippen LogP contribution in [-0.4, -0.2) is 78.3 Å². The van der Waals surface area contributed by atoms with Crippen molar-refractivity contribution in [3.8, 4) is 0 Å². The third kappa shape index (κ3) is 3.95. The van der Waals surface area contributed by atoms with Crippen LogP contribution in [0.15, 0.2) is 6.33 Å². The SMILES string of the molecule is Nc1nc(Cl)nc2c1ncn2[C@@H]1O[C@H](CNCC[C@H](N)C(=O)O)[C@@H](O)[C@H]1O. The molecule has 3 heterocycles. The number of rotatable bonds is 7. The lowest BCUT2D eigenvalue weighted by Crippen LogP contribution is -2.40. The van der Waals surface area contributed by atoms with Crippen LogP contribution in [0.2, 0.25) is 5.28 Å². The Kier molecular flexibility index (Phi) is 5.74. The number of aliphatic carboxylic acids is 1. The van der Waals surface area contributed by atoms with E-state index < -0.39 is 36.6 Å². The predicted octanol–water partition coefficient (Wildman–Crippen LogP) is -1.93. The molecule has 1 aliphatic rings. The Morgan fingerprint density at radius 3 is 2.85 bits per heavy atom. The zero-order valence-corrected chi connectivity index (χ0v) is 14.8. The van der Waals surface area contributed by atoms with E-state index in [9.17, 15) is 15.0 Å². The van der Waals surface area contributed by atoms with E-state index in [0.717, 1.165) is 0 Å². The Hall–Kier alpha value is -2.09. The third-order valence-electron chi connectivity index (χ3n) is 4.33. The van der Waals surface area contributed by atoms with Crippen molar-refractivity contribution in [2.75, 3.05) is 18.8 Å². The van der Waals surface area contributed by atoms with Crippen molar-refractivity contribution < 1.29 is 24.9 Å². The van der Waals surface area contributed by atoms with Gasteiger partial charge in [-0.15, -0.1) is 0 Å². The lowest BCUT2D eigenvalue weighted by Gasteiger charge is -2.16. The summed E-state index contributed by atoms with van der Waals surface area (Å²) in [6, 6.07) is -0.975. The van der Waals surface area contributed by atoms with Crippen molar-refractivity contribution in [1.82, 2.24) is 24.8 Å². The van der Waals surface area contributed by atoms with Crippen LogP contribution < -0.4 is 16.8 Å². The third-order valence-corrected chi connectivity index (χ3v) is 4.50. The molecule has 2 aromatic heterocycles. The highest BCUT2D eigenvalue weighted by Gasteiger charge is 2.44. The van der Waals surface area contributed by atoms with E-state index in [-0.39, 0.29) is 29.7 Å². The maximum Gasteiger partial charge on any atom is 0.320 e. The molecule has 0 radical (unpaired) electrons. The van der Waals surface area contributed by atoms with Crippen LogP contribution in [-0.2, 0) is 9.53 Å². The van der Waals surface area contributed by atoms with Crippen molar-refractivity contribution in [2.45, 2.75) is 37.0 Å². The quantitative estimate of drug-likeness (QED) is 0.223. The fourth-order valence-electron chi connectivity index (χ4n) is 2.85. The van der Waals surface area contributed by atoms with Crippen molar-refractivity contribution >= 4 is 34.6 Å². The number of hydrogen-bond donors (Lipinski definition) is 6. The maximum atomic E-state index is 10.7. The average molecular weight is 402 g/mol. The first-order valence-corrected chi connectivity index (χ1v) is 8.53. The molecule has 12 nitrogen and oxygen atoms in total. The minimum atomic E-state index is -1.24. The number of nitrogens with two attached hydrogens (primary N) is 2. The van der Waals surface area contributed by atoms with Gasteiger partial charge in [0.1, 0.15) is 29.9 Å². The van der Waals surface area contributed by atoms with E-state index >= 15 is 0 Å². The number of anilines is 1. The van der Waals surface area contributed by atoms with Crippen molar-refractivity contribution in [2.24, 2.45) is 5.73 Å². The fourth-order valence-corrected chi connectivity index (χ4v) is 3.02. The van der Waals surface area contributed by atoms with Crippen LogP contribution in [0.1, 0.15) is 12.6 Å². The van der Waals surface area contributed by atoms with Crippen LogP contribution in [0.3, 0.4) is 0 Å². The highest BCUT2D eigenvalue weighted by Crippen LogP contribution is 2.32. The summed E-state index contributed by atoms with van der Waals surface area (Å²) in [6.45, 7) is 0.500. The van der Waals surface area contributed by atoms with Crippen molar-refractivity contribution in [1.29, 1.82) is 0 Å². The smallest absolute Gasteiger partial charge is 0.320 e. The number of aliphatic hydroxyl groups is 2. The highest BCUT2D eigenvalue weighted by atomic mass is 35.5. The van der Waals surface area contributed by atoms with Gasteiger partial charge in [0, 0.05) is 6.54 Å². The normalized spacial score (nSPS) is 26.5. The second kappa shape index (κ2) is 7.88. The second-order valence-corrected chi connectivity index (χ2v) is 6.52. The number of aromatic nitrogens is 4. The van der Waals surface area contributed by atoms with Crippen LogP contribution >= 0.6 is 11.6 Å². The van der Waals surface area contributed by atoms with Gasteiger partial charge in [-0.1, -0.05) is 0 Å². The van der Waals surface area contributed by atoms with E-state index in [0.29, 0.717) is 12.1 Å². The van der Waals surface area contributed by atoms with Gasteiger partial charge >= 0.3 is 5.97 Å². The Labute approximate surface area is 158 Å². The fraction of sp³-hybridized carbons (Fsp3) is 0.571. The number of aliphatic hydroxyl groups excluding tert-OH is 2. The number of carbonyl (C=O) groups is 1. The predicted molar refractivity (Wildman–Crippen MR) is 93.8 cm³/mol. The first-order chi connectivity index (χ1) is 12.8.